The summed E-state index contributed by atoms with van der Waals surface area (Å²) < 4.78 is 0. The Bertz CT molecular complexity index is 1260. The SMILES string of the molecule is CCCCCCN1C(=O)C2=C(c3ccc(C#N)s3)N(CCCCCC)C(O)C2=C1c1ccc(C#N)s1. The van der Waals surface area contributed by atoms with E-state index >= 15 is 0 Å². The Kier molecular flexibility index (Phi) is 8.64. The van der Waals surface area contributed by atoms with Gasteiger partial charge in [0.2, 0.25) is 0 Å². The second-order valence-electron chi connectivity index (χ2n) is 9.18. The second kappa shape index (κ2) is 11.9. The van der Waals surface area contributed by atoms with E-state index in [0.29, 0.717) is 34.0 Å². The Morgan fingerprint density at radius 3 is 1.92 bits per heavy atom. The van der Waals surface area contributed by atoms with Crippen LogP contribution in [-0.2, 0) is 4.79 Å². The molecule has 0 spiro atoms. The lowest BCUT2D eigenvalue weighted by molar-refractivity contribution is -0.123. The summed E-state index contributed by atoms with van der Waals surface area (Å²) in [6.07, 6.45) is 7.39. The molecule has 8 heteroatoms. The molecule has 2 aliphatic heterocycles. The first-order valence-corrected chi connectivity index (χ1v) is 14.4. The molecule has 1 unspecified atom stereocenters. The van der Waals surface area contributed by atoms with Gasteiger partial charge in [0.05, 0.1) is 26.7 Å². The minimum absolute atomic E-state index is 0.0968. The molecule has 0 saturated heterocycles. The zero-order valence-corrected chi connectivity index (χ0v) is 22.6. The van der Waals surface area contributed by atoms with Crippen LogP contribution >= 0.6 is 22.7 Å². The lowest BCUT2D eigenvalue weighted by atomic mass is 10.1. The van der Waals surface area contributed by atoms with Crippen LogP contribution in [0.1, 0.15) is 84.7 Å². The summed E-state index contributed by atoms with van der Waals surface area (Å²) in [5, 5.41) is 30.5. The smallest absolute Gasteiger partial charge is 0.261 e. The molecular formula is C28H32N4O2S2. The van der Waals surface area contributed by atoms with Crippen molar-refractivity contribution in [3.05, 3.63) is 54.9 Å². The van der Waals surface area contributed by atoms with E-state index in [1.54, 1.807) is 12.1 Å². The number of fused-ring (bicyclic) bond motifs is 1. The minimum Gasteiger partial charge on any atom is -0.369 e. The van der Waals surface area contributed by atoms with E-state index in [1.807, 2.05) is 21.9 Å². The Morgan fingerprint density at radius 2 is 1.39 bits per heavy atom. The maximum atomic E-state index is 14.0. The van der Waals surface area contributed by atoms with Crippen molar-refractivity contribution >= 4 is 40.0 Å². The summed E-state index contributed by atoms with van der Waals surface area (Å²) in [4.78, 5) is 20.6. The number of hydrogen-bond acceptors (Lipinski definition) is 7. The van der Waals surface area contributed by atoms with Crippen molar-refractivity contribution in [2.24, 2.45) is 0 Å². The highest BCUT2D eigenvalue weighted by Crippen LogP contribution is 2.50. The van der Waals surface area contributed by atoms with E-state index in [1.165, 1.54) is 22.7 Å². The summed E-state index contributed by atoms with van der Waals surface area (Å²) in [5.41, 5.74) is 2.65. The van der Waals surface area contributed by atoms with Crippen molar-refractivity contribution in [3.8, 4) is 12.1 Å². The Labute approximate surface area is 221 Å². The van der Waals surface area contributed by atoms with Gasteiger partial charge in [-0.3, -0.25) is 4.79 Å². The first kappa shape index (κ1) is 26.2. The number of carbonyl (C=O) groups excluding carboxylic acids is 1. The number of aliphatic hydroxyl groups is 1. The average Bonchev–Trinajstić information content (AvgIpc) is 3.65. The number of carbonyl (C=O) groups is 1. The van der Waals surface area contributed by atoms with Crippen molar-refractivity contribution in [1.29, 1.82) is 10.5 Å². The molecule has 36 heavy (non-hydrogen) atoms. The molecule has 188 valence electrons. The largest absolute Gasteiger partial charge is 0.369 e. The maximum absolute atomic E-state index is 14.0. The molecule has 2 aromatic heterocycles. The fourth-order valence-corrected chi connectivity index (χ4v) is 6.69. The molecule has 4 rings (SSSR count). The number of rotatable bonds is 12. The van der Waals surface area contributed by atoms with Crippen LogP contribution in [0.3, 0.4) is 0 Å². The fourth-order valence-electron chi connectivity index (χ4n) is 4.95. The molecule has 0 saturated carbocycles. The zero-order valence-electron chi connectivity index (χ0n) is 20.9. The zero-order chi connectivity index (χ0) is 25.7. The monoisotopic (exact) mass is 520 g/mol. The third-order valence-corrected chi connectivity index (χ3v) is 8.71. The standard InChI is InChI=1S/C28H32N4O2S2/c1-3-5-7-9-15-31-25(21-13-11-19(17-29)35-21)23-24(27(31)33)26(22-14-12-20(18-30)36-22)32(28(23)34)16-10-8-6-4-2/h11-14,27,33H,3-10,15-16H2,1-2H3. The van der Waals surface area contributed by atoms with Crippen molar-refractivity contribution in [2.75, 3.05) is 13.1 Å². The number of nitrogens with zero attached hydrogens (tertiary/aromatic N) is 4. The highest BCUT2D eigenvalue weighted by atomic mass is 32.1. The topological polar surface area (TPSA) is 91.4 Å². The molecule has 0 bridgehead atoms. The van der Waals surface area contributed by atoms with Gasteiger partial charge in [-0.1, -0.05) is 52.4 Å². The van der Waals surface area contributed by atoms with Crippen LogP contribution in [0.5, 0.6) is 0 Å². The highest BCUT2D eigenvalue weighted by molar-refractivity contribution is 7.14. The van der Waals surface area contributed by atoms with Gasteiger partial charge in [-0.15, -0.1) is 22.7 Å². The van der Waals surface area contributed by atoms with Gasteiger partial charge in [0.1, 0.15) is 21.9 Å². The van der Waals surface area contributed by atoms with E-state index in [-0.39, 0.29) is 5.91 Å². The molecule has 6 nitrogen and oxygen atoms in total. The lowest BCUT2D eigenvalue weighted by Gasteiger charge is -2.29. The molecule has 4 heterocycles. The van der Waals surface area contributed by atoms with Crippen molar-refractivity contribution < 1.29 is 9.90 Å². The fraction of sp³-hybridized carbons (Fsp3) is 0.464. The minimum atomic E-state index is -0.948. The van der Waals surface area contributed by atoms with E-state index < -0.39 is 6.23 Å². The van der Waals surface area contributed by atoms with Gasteiger partial charge < -0.3 is 14.9 Å². The van der Waals surface area contributed by atoms with Gasteiger partial charge in [0.25, 0.3) is 5.91 Å². The molecule has 2 aliphatic rings. The Balaban J connectivity index is 1.82. The number of hydrogen-bond donors (Lipinski definition) is 1. The summed E-state index contributed by atoms with van der Waals surface area (Å²) in [5.74, 6) is -0.0968. The van der Waals surface area contributed by atoms with Crippen molar-refractivity contribution in [1.82, 2.24) is 9.80 Å². The number of amides is 1. The normalized spacial score (nSPS) is 17.2. The second-order valence-corrected chi connectivity index (χ2v) is 11.4. The molecule has 1 N–H and O–H groups in total. The van der Waals surface area contributed by atoms with Gasteiger partial charge in [-0.25, -0.2) is 0 Å². The third-order valence-electron chi connectivity index (χ3n) is 6.72. The predicted octanol–water partition coefficient (Wildman–Crippen LogP) is 6.31. The average molecular weight is 521 g/mol. The van der Waals surface area contributed by atoms with Gasteiger partial charge in [0.15, 0.2) is 6.23 Å². The van der Waals surface area contributed by atoms with Crippen molar-refractivity contribution in [2.45, 2.75) is 71.4 Å². The van der Waals surface area contributed by atoms with E-state index in [0.717, 1.165) is 72.5 Å². The molecule has 1 amide bonds. The first-order valence-electron chi connectivity index (χ1n) is 12.8. The molecule has 2 aromatic rings. The summed E-state index contributed by atoms with van der Waals surface area (Å²) >= 11 is 2.71. The molecule has 0 aromatic carbocycles. The number of nitriles is 2. The van der Waals surface area contributed by atoms with E-state index in [4.69, 9.17) is 0 Å². The van der Waals surface area contributed by atoms with Crippen LogP contribution in [0.25, 0.3) is 11.4 Å². The molecule has 0 radical (unpaired) electrons. The molecular weight excluding hydrogens is 488 g/mol. The van der Waals surface area contributed by atoms with Crippen LogP contribution in [0, 0.1) is 22.7 Å². The van der Waals surface area contributed by atoms with Gasteiger partial charge >= 0.3 is 0 Å². The third kappa shape index (κ3) is 4.99. The van der Waals surface area contributed by atoms with Crippen LogP contribution in [0.2, 0.25) is 0 Å². The predicted molar refractivity (Wildman–Crippen MR) is 145 cm³/mol. The lowest BCUT2D eigenvalue weighted by Crippen LogP contribution is -2.33. The Morgan fingerprint density at radius 1 is 0.833 bits per heavy atom. The number of thiophene rings is 2. The summed E-state index contributed by atoms with van der Waals surface area (Å²) in [6, 6.07) is 11.7. The van der Waals surface area contributed by atoms with Gasteiger partial charge in [0, 0.05) is 18.7 Å². The first-order chi connectivity index (χ1) is 17.5. The van der Waals surface area contributed by atoms with Crippen LogP contribution in [-0.4, -0.2) is 40.1 Å². The highest BCUT2D eigenvalue weighted by Gasteiger charge is 2.48. The molecule has 1 atom stereocenters. The van der Waals surface area contributed by atoms with E-state index in [9.17, 15) is 20.4 Å². The van der Waals surface area contributed by atoms with Gasteiger partial charge in [-0.05, 0) is 37.1 Å². The van der Waals surface area contributed by atoms with Crippen LogP contribution in [0.4, 0.5) is 0 Å². The van der Waals surface area contributed by atoms with Crippen LogP contribution in [0.15, 0.2) is 35.4 Å². The van der Waals surface area contributed by atoms with Crippen molar-refractivity contribution in [3.63, 3.8) is 0 Å². The number of unbranched alkanes of at least 4 members (excludes halogenated alkanes) is 6. The number of aliphatic hydroxyl groups excluding tert-OH is 1. The van der Waals surface area contributed by atoms with Gasteiger partial charge in [-0.2, -0.15) is 10.5 Å². The maximum Gasteiger partial charge on any atom is 0.261 e. The molecule has 0 fully saturated rings. The Hall–Kier alpha value is -2.91. The molecule has 0 aliphatic carbocycles. The summed E-state index contributed by atoms with van der Waals surface area (Å²) in [7, 11) is 0. The summed E-state index contributed by atoms with van der Waals surface area (Å²) in [6.45, 7) is 5.53. The quantitative estimate of drug-likeness (QED) is 0.331. The van der Waals surface area contributed by atoms with Crippen LogP contribution < -0.4 is 0 Å². The van der Waals surface area contributed by atoms with E-state index in [2.05, 4.69) is 26.0 Å².